The van der Waals surface area contributed by atoms with Crippen LogP contribution in [0.25, 0.3) is 0 Å². The summed E-state index contributed by atoms with van der Waals surface area (Å²) in [4.78, 5) is 30.7. The molecule has 0 bridgehead atoms. The highest BCUT2D eigenvalue weighted by atomic mass is 79.9. The van der Waals surface area contributed by atoms with Gasteiger partial charge in [-0.25, -0.2) is 4.98 Å². The molecule has 0 spiro atoms. The van der Waals surface area contributed by atoms with Crippen LogP contribution < -0.4 is 11.1 Å². The van der Waals surface area contributed by atoms with E-state index >= 15 is 0 Å². The summed E-state index contributed by atoms with van der Waals surface area (Å²) in [5.74, 6) is -1.17. The van der Waals surface area contributed by atoms with Gasteiger partial charge in [-0.05, 0) is 40.4 Å². The largest absolute Gasteiger partial charge is 0.481 e. The standard InChI is InChI=1S/C12H14BrClN4O3/c13-6-5-16-11(14)18-9(6)17-7(4-8(15)19)12(10(20)21)2-1-3-12/h5,7H,1-4H2,(H2,15,19)(H,20,21)(H,16,17,18). The fourth-order valence-corrected chi connectivity index (χ4v) is 2.91. The molecule has 0 saturated heterocycles. The van der Waals surface area contributed by atoms with Crippen molar-refractivity contribution in [3.05, 3.63) is 16.0 Å². The van der Waals surface area contributed by atoms with E-state index < -0.39 is 23.3 Å². The molecular formula is C12H14BrClN4O3. The summed E-state index contributed by atoms with van der Waals surface area (Å²) in [6.07, 6.45) is 3.13. The van der Waals surface area contributed by atoms with Crippen LogP contribution in [0.5, 0.6) is 0 Å². The number of hydrogen-bond donors (Lipinski definition) is 3. The van der Waals surface area contributed by atoms with E-state index in [-0.39, 0.29) is 11.7 Å². The molecule has 114 valence electrons. The van der Waals surface area contributed by atoms with Crippen molar-refractivity contribution in [1.82, 2.24) is 9.97 Å². The Labute approximate surface area is 134 Å². The molecule has 1 atom stereocenters. The normalized spacial score (nSPS) is 17.6. The Morgan fingerprint density at radius 1 is 1.57 bits per heavy atom. The number of hydrogen-bond acceptors (Lipinski definition) is 5. The van der Waals surface area contributed by atoms with E-state index in [1.807, 2.05) is 0 Å². The Morgan fingerprint density at radius 3 is 2.71 bits per heavy atom. The first-order valence-electron chi connectivity index (χ1n) is 6.31. The number of nitrogens with two attached hydrogens (primary N) is 1. The highest BCUT2D eigenvalue weighted by molar-refractivity contribution is 9.10. The number of carbonyl (C=O) groups is 2. The number of halogens is 2. The fourth-order valence-electron chi connectivity index (χ4n) is 2.47. The fraction of sp³-hybridized carbons (Fsp3) is 0.500. The van der Waals surface area contributed by atoms with E-state index in [9.17, 15) is 14.7 Å². The van der Waals surface area contributed by atoms with E-state index in [1.54, 1.807) is 0 Å². The average Bonchev–Trinajstić information content (AvgIpc) is 2.31. The van der Waals surface area contributed by atoms with Crippen LogP contribution in [-0.2, 0) is 9.59 Å². The van der Waals surface area contributed by atoms with Crippen LogP contribution in [0.2, 0.25) is 5.28 Å². The van der Waals surface area contributed by atoms with Crippen LogP contribution in [0.4, 0.5) is 5.82 Å². The summed E-state index contributed by atoms with van der Waals surface area (Å²) in [7, 11) is 0. The highest BCUT2D eigenvalue weighted by Crippen LogP contribution is 2.46. The third-order valence-electron chi connectivity index (χ3n) is 3.77. The van der Waals surface area contributed by atoms with Gasteiger partial charge in [0.1, 0.15) is 5.82 Å². The van der Waals surface area contributed by atoms with Crippen molar-refractivity contribution in [1.29, 1.82) is 0 Å². The second-order valence-electron chi connectivity index (χ2n) is 5.02. The van der Waals surface area contributed by atoms with Gasteiger partial charge in [-0.2, -0.15) is 4.98 Å². The van der Waals surface area contributed by atoms with Crippen LogP contribution in [0, 0.1) is 5.41 Å². The van der Waals surface area contributed by atoms with Crippen LogP contribution in [0.1, 0.15) is 25.7 Å². The van der Waals surface area contributed by atoms with Crippen LogP contribution in [0.3, 0.4) is 0 Å². The van der Waals surface area contributed by atoms with Gasteiger partial charge in [0.15, 0.2) is 0 Å². The molecule has 21 heavy (non-hydrogen) atoms. The van der Waals surface area contributed by atoms with Crippen molar-refractivity contribution in [3.63, 3.8) is 0 Å². The minimum Gasteiger partial charge on any atom is -0.481 e. The number of aromatic nitrogens is 2. The number of amides is 1. The molecule has 1 heterocycles. The average molecular weight is 378 g/mol. The molecule has 4 N–H and O–H groups in total. The zero-order chi connectivity index (χ0) is 15.6. The van der Waals surface area contributed by atoms with Gasteiger partial charge < -0.3 is 16.2 Å². The zero-order valence-electron chi connectivity index (χ0n) is 11.0. The number of nitrogens with one attached hydrogen (secondary N) is 1. The molecule has 7 nitrogen and oxygen atoms in total. The zero-order valence-corrected chi connectivity index (χ0v) is 13.3. The van der Waals surface area contributed by atoms with Gasteiger partial charge in [0.05, 0.1) is 15.9 Å². The van der Waals surface area contributed by atoms with Gasteiger partial charge in [-0.3, -0.25) is 9.59 Å². The SMILES string of the molecule is NC(=O)CC(Nc1nc(Cl)ncc1Br)C1(C(=O)O)CCC1. The molecule has 1 aliphatic carbocycles. The minimum absolute atomic E-state index is 0.0245. The number of primary amides is 1. The van der Waals surface area contributed by atoms with Gasteiger partial charge in [-0.1, -0.05) is 6.42 Å². The van der Waals surface area contributed by atoms with Gasteiger partial charge >= 0.3 is 5.97 Å². The molecule has 1 aromatic rings. The quantitative estimate of drug-likeness (QED) is 0.651. The third kappa shape index (κ3) is 3.26. The molecule has 1 unspecified atom stereocenters. The first-order chi connectivity index (χ1) is 9.85. The molecule has 1 fully saturated rings. The highest BCUT2D eigenvalue weighted by Gasteiger charge is 2.51. The summed E-state index contributed by atoms with van der Waals surface area (Å²) >= 11 is 9.00. The van der Waals surface area contributed by atoms with Crippen molar-refractivity contribution in [2.24, 2.45) is 11.1 Å². The Kier molecular flexibility index (Phi) is 4.67. The first kappa shape index (κ1) is 16.0. The number of anilines is 1. The lowest BCUT2D eigenvalue weighted by Gasteiger charge is -2.44. The van der Waals surface area contributed by atoms with Gasteiger partial charge in [0.25, 0.3) is 0 Å². The summed E-state index contributed by atoms with van der Waals surface area (Å²) in [5, 5.41) is 12.5. The Morgan fingerprint density at radius 2 is 2.24 bits per heavy atom. The van der Waals surface area contributed by atoms with Gasteiger partial charge in [0, 0.05) is 12.6 Å². The molecule has 0 radical (unpaired) electrons. The third-order valence-corrected chi connectivity index (χ3v) is 4.53. The predicted octanol–water partition coefficient (Wildman–Crippen LogP) is 1.80. The summed E-state index contributed by atoms with van der Waals surface area (Å²) in [5.41, 5.74) is 4.24. The van der Waals surface area contributed by atoms with Gasteiger partial charge in [0.2, 0.25) is 11.2 Å². The van der Waals surface area contributed by atoms with Crippen molar-refractivity contribution in [3.8, 4) is 0 Å². The molecule has 9 heteroatoms. The molecule has 2 rings (SSSR count). The maximum atomic E-state index is 11.6. The maximum Gasteiger partial charge on any atom is 0.311 e. The Hall–Kier alpha value is -1.41. The first-order valence-corrected chi connectivity index (χ1v) is 7.48. The topological polar surface area (TPSA) is 118 Å². The second-order valence-corrected chi connectivity index (χ2v) is 6.21. The van der Waals surface area contributed by atoms with Crippen molar-refractivity contribution in [2.75, 3.05) is 5.32 Å². The lowest BCUT2D eigenvalue weighted by atomic mass is 9.63. The Balaban J connectivity index is 2.30. The smallest absolute Gasteiger partial charge is 0.311 e. The molecule has 1 amide bonds. The second kappa shape index (κ2) is 6.15. The minimum atomic E-state index is -1.01. The van der Waals surface area contributed by atoms with E-state index in [1.165, 1.54) is 6.20 Å². The molecule has 1 aliphatic rings. The van der Waals surface area contributed by atoms with Crippen LogP contribution in [0.15, 0.2) is 10.7 Å². The number of carbonyl (C=O) groups excluding carboxylic acids is 1. The number of carboxylic acid groups (broad SMARTS) is 1. The van der Waals surface area contributed by atoms with E-state index in [0.717, 1.165) is 6.42 Å². The lowest BCUT2D eigenvalue weighted by Crippen LogP contribution is -2.52. The van der Waals surface area contributed by atoms with Crippen molar-refractivity contribution >= 4 is 45.2 Å². The summed E-state index contributed by atoms with van der Waals surface area (Å²) in [6.45, 7) is 0. The van der Waals surface area contributed by atoms with Gasteiger partial charge in [-0.15, -0.1) is 0 Å². The Bertz CT molecular complexity index is 580. The molecule has 1 aromatic heterocycles. The van der Waals surface area contributed by atoms with E-state index in [4.69, 9.17) is 17.3 Å². The van der Waals surface area contributed by atoms with E-state index in [2.05, 4.69) is 31.2 Å². The van der Waals surface area contributed by atoms with Crippen molar-refractivity contribution < 1.29 is 14.7 Å². The molecule has 1 saturated carbocycles. The number of aliphatic carboxylic acids is 1. The molecular weight excluding hydrogens is 364 g/mol. The maximum absolute atomic E-state index is 11.6. The number of nitrogens with zero attached hydrogens (tertiary/aromatic N) is 2. The summed E-state index contributed by atoms with van der Waals surface area (Å²) < 4.78 is 0.529. The van der Waals surface area contributed by atoms with Crippen molar-refractivity contribution in [2.45, 2.75) is 31.7 Å². The van der Waals surface area contributed by atoms with Crippen LogP contribution in [-0.4, -0.2) is 33.0 Å². The predicted molar refractivity (Wildman–Crippen MR) is 79.9 cm³/mol. The van der Waals surface area contributed by atoms with E-state index in [0.29, 0.717) is 23.1 Å². The monoisotopic (exact) mass is 376 g/mol. The number of rotatable bonds is 6. The molecule has 0 aromatic carbocycles. The molecule has 0 aliphatic heterocycles. The lowest BCUT2D eigenvalue weighted by molar-refractivity contribution is -0.156. The number of carboxylic acids is 1. The van der Waals surface area contributed by atoms with Crippen LogP contribution >= 0.6 is 27.5 Å². The summed E-state index contributed by atoms with van der Waals surface area (Å²) in [6, 6.07) is -0.650.